The van der Waals surface area contributed by atoms with Crippen molar-refractivity contribution in [3.8, 4) is 0 Å². The van der Waals surface area contributed by atoms with Crippen LogP contribution < -0.4 is 10.0 Å². The van der Waals surface area contributed by atoms with Crippen molar-refractivity contribution < 1.29 is 22.0 Å². The van der Waals surface area contributed by atoms with Gasteiger partial charge in [-0.3, -0.25) is 4.79 Å². The lowest BCUT2D eigenvalue weighted by Gasteiger charge is -2.15. The number of halogens is 3. The summed E-state index contributed by atoms with van der Waals surface area (Å²) in [5, 5.41) is 2.49. The summed E-state index contributed by atoms with van der Waals surface area (Å²) in [5.41, 5.74) is -0.377. The summed E-state index contributed by atoms with van der Waals surface area (Å²) in [6.07, 6.45) is 0. The third kappa shape index (κ3) is 4.50. The molecule has 0 aromatic heterocycles. The first-order valence-electron chi connectivity index (χ1n) is 6.73. The van der Waals surface area contributed by atoms with Crippen molar-refractivity contribution in [2.75, 3.05) is 5.32 Å². The van der Waals surface area contributed by atoms with Gasteiger partial charge in [0.1, 0.15) is 11.6 Å². The third-order valence-corrected chi connectivity index (χ3v) is 4.84. The van der Waals surface area contributed by atoms with Gasteiger partial charge in [0.05, 0.1) is 16.6 Å². The fourth-order valence-electron chi connectivity index (χ4n) is 1.80. The van der Waals surface area contributed by atoms with Gasteiger partial charge in [0.15, 0.2) is 0 Å². The van der Waals surface area contributed by atoms with Crippen molar-refractivity contribution in [1.29, 1.82) is 0 Å². The molecule has 2 aromatic rings. The van der Waals surface area contributed by atoms with Crippen molar-refractivity contribution in [1.82, 2.24) is 4.72 Å². The van der Waals surface area contributed by atoms with Crippen LogP contribution in [0.2, 0.25) is 5.02 Å². The van der Waals surface area contributed by atoms with Gasteiger partial charge in [0, 0.05) is 11.1 Å². The van der Waals surface area contributed by atoms with Crippen LogP contribution in [0.3, 0.4) is 0 Å². The van der Waals surface area contributed by atoms with E-state index in [2.05, 4.69) is 10.0 Å². The average Bonchev–Trinajstić information content (AvgIpc) is 2.51. The van der Waals surface area contributed by atoms with Gasteiger partial charge < -0.3 is 5.32 Å². The number of carbonyl (C=O) groups is 1. The molecule has 0 aliphatic heterocycles. The molecule has 1 atom stereocenters. The van der Waals surface area contributed by atoms with Crippen LogP contribution in [0, 0.1) is 11.6 Å². The van der Waals surface area contributed by atoms with Crippen LogP contribution in [0.1, 0.15) is 6.92 Å². The van der Waals surface area contributed by atoms with Gasteiger partial charge in [0.25, 0.3) is 0 Å². The maximum atomic E-state index is 13.5. The summed E-state index contributed by atoms with van der Waals surface area (Å²) in [5.74, 6) is -2.41. The highest BCUT2D eigenvalue weighted by Gasteiger charge is 2.22. The van der Waals surface area contributed by atoms with Crippen LogP contribution in [-0.2, 0) is 14.8 Å². The molecule has 0 saturated carbocycles. The molecule has 0 bridgehead atoms. The molecular weight excluding hydrogens is 362 g/mol. The SMILES string of the molecule is C[C@@H](NS(=O)(=O)c1ccc(Cl)cc1)C(=O)Nc1cc(F)ccc1F. The summed E-state index contributed by atoms with van der Waals surface area (Å²) in [7, 11) is -3.97. The third-order valence-electron chi connectivity index (χ3n) is 3.04. The van der Waals surface area contributed by atoms with E-state index in [1.165, 1.54) is 31.2 Å². The first-order chi connectivity index (χ1) is 11.2. The van der Waals surface area contributed by atoms with Gasteiger partial charge in [-0.15, -0.1) is 0 Å². The number of hydrogen-bond donors (Lipinski definition) is 2. The van der Waals surface area contributed by atoms with Gasteiger partial charge >= 0.3 is 0 Å². The zero-order chi connectivity index (χ0) is 17.9. The number of amides is 1. The average molecular weight is 375 g/mol. The minimum Gasteiger partial charge on any atom is -0.322 e. The number of anilines is 1. The van der Waals surface area contributed by atoms with Crippen molar-refractivity contribution in [2.24, 2.45) is 0 Å². The van der Waals surface area contributed by atoms with Gasteiger partial charge in [-0.25, -0.2) is 17.2 Å². The molecule has 2 aromatic carbocycles. The number of rotatable bonds is 5. The Morgan fingerprint density at radius 3 is 2.38 bits per heavy atom. The fourth-order valence-corrected chi connectivity index (χ4v) is 3.13. The number of hydrogen-bond acceptors (Lipinski definition) is 3. The Morgan fingerprint density at radius 1 is 1.12 bits per heavy atom. The second-order valence-electron chi connectivity index (χ2n) is 4.91. The van der Waals surface area contributed by atoms with Gasteiger partial charge in [-0.2, -0.15) is 4.72 Å². The van der Waals surface area contributed by atoms with E-state index >= 15 is 0 Å². The molecule has 0 saturated heterocycles. The van der Waals surface area contributed by atoms with Crippen LogP contribution >= 0.6 is 11.6 Å². The summed E-state index contributed by atoms with van der Waals surface area (Å²) >= 11 is 5.69. The maximum absolute atomic E-state index is 13.5. The number of nitrogens with one attached hydrogen (secondary N) is 2. The lowest BCUT2D eigenvalue weighted by molar-refractivity contribution is -0.117. The van der Waals surface area contributed by atoms with Crippen LogP contribution in [0.15, 0.2) is 47.4 Å². The molecule has 0 aliphatic carbocycles. The van der Waals surface area contributed by atoms with Gasteiger partial charge in [-0.1, -0.05) is 11.6 Å². The first-order valence-corrected chi connectivity index (χ1v) is 8.59. The Morgan fingerprint density at radius 2 is 1.75 bits per heavy atom. The molecule has 0 aliphatic rings. The predicted octanol–water partition coefficient (Wildman–Crippen LogP) is 2.92. The minimum atomic E-state index is -3.97. The highest BCUT2D eigenvalue weighted by molar-refractivity contribution is 7.89. The lowest BCUT2D eigenvalue weighted by Crippen LogP contribution is -2.41. The molecule has 0 heterocycles. The van der Waals surface area contributed by atoms with Crippen molar-refractivity contribution in [3.63, 3.8) is 0 Å². The van der Waals surface area contributed by atoms with Crippen LogP contribution in [0.4, 0.5) is 14.5 Å². The monoisotopic (exact) mass is 374 g/mol. The molecule has 128 valence electrons. The molecule has 1 amide bonds. The molecule has 0 radical (unpaired) electrons. The second-order valence-corrected chi connectivity index (χ2v) is 7.06. The quantitative estimate of drug-likeness (QED) is 0.845. The lowest BCUT2D eigenvalue weighted by atomic mass is 10.2. The van der Waals surface area contributed by atoms with E-state index in [-0.39, 0.29) is 10.6 Å². The second kappa shape index (κ2) is 7.25. The topological polar surface area (TPSA) is 75.3 Å². The standard InChI is InChI=1S/C15H13ClF2N2O3S/c1-9(15(21)19-14-8-11(17)4-7-13(14)18)20-24(22,23)12-5-2-10(16)3-6-12/h2-9,20H,1H3,(H,19,21)/t9-/m1/s1. The number of benzene rings is 2. The smallest absolute Gasteiger partial charge is 0.242 e. The maximum Gasteiger partial charge on any atom is 0.242 e. The minimum absolute atomic E-state index is 0.0801. The van der Waals surface area contributed by atoms with Crippen molar-refractivity contribution in [2.45, 2.75) is 17.9 Å². The predicted molar refractivity (Wildman–Crippen MR) is 86.2 cm³/mol. The molecule has 5 nitrogen and oxygen atoms in total. The molecular formula is C15H13ClF2N2O3S. The van der Waals surface area contributed by atoms with E-state index in [1.807, 2.05) is 0 Å². The molecule has 0 fully saturated rings. The molecule has 2 rings (SSSR count). The zero-order valence-electron chi connectivity index (χ0n) is 12.4. The Kier molecular flexibility index (Phi) is 5.53. The number of carbonyl (C=O) groups excluding carboxylic acids is 1. The molecule has 0 spiro atoms. The summed E-state index contributed by atoms with van der Waals surface area (Å²) in [4.78, 5) is 11.9. The summed E-state index contributed by atoms with van der Waals surface area (Å²) in [6, 6.07) is 6.68. The summed E-state index contributed by atoms with van der Waals surface area (Å²) in [6.45, 7) is 1.28. The van der Waals surface area contributed by atoms with E-state index in [1.54, 1.807) is 0 Å². The Bertz CT molecular complexity index is 858. The van der Waals surface area contributed by atoms with Gasteiger partial charge in [0.2, 0.25) is 15.9 Å². The van der Waals surface area contributed by atoms with Crippen molar-refractivity contribution >= 4 is 33.2 Å². The summed E-state index contributed by atoms with van der Waals surface area (Å²) < 4.78 is 53.1. The Hall–Kier alpha value is -2.03. The first kappa shape index (κ1) is 18.3. The number of sulfonamides is 1. The zero-order valence-corrected chi connectivity index (χ0v) is 14.0. The van der Waals surface area contributed by atoms with Gasteiger partial charge in [-0.05, 0) is 43.3 Å². The van der Waals surface area contributed by atoms with E-state index in [4.69, 9.17) is 11.6 Å². The Labute approximate surface area is 142 Å². The molecule has 24 heavy (non-hydrogen) atoms. The van der Waals surface area contributed by atoms with Crippen LogP contribution in [0.5, 0.6) is 0 Å². The molecule has 2 N–H and O–H groups in total. The van der Waals surface area contributed by atoms with E-state index in [0.717, 1.165) is 18.2 Å². The van der Waals surface area contributed by atoms with E-state index in [0.29, 0.717) is 5.02 Å². The van der Waals surface area contributed by atoms with Crippen LogP contribution in [0.25, 0.3) is 0 Å². The highest BCUT2D eigenvalue weighted by atomic mass is 35.5. The molecule has 0 unspecified atom stereocenters. The fraction of sp³-hybridized carbons (Fsp3) is 0.133. The van der Waals surface area contributed by atoms with E-state index in [9.17, 15) is 22.0 Å². The largest absolute Gasteiger partial charge is 0.322 e. The van der Waals surface area contributed by atoms with E-state index < -0.39 is 33.6 Å². The van der Waals surface area contributed by atoms with Crippen molar-refractivity contribution in [3.05, 3.63) is 59.1 Å². The Balaban J connectivity index is 2.10. The highest BCUT2D eigenvalue weighted by Crippen LogP contribution is 2.17. The van der Waals surface area contributed by atoms with Crippen LogP contribution in [-0.4, -0.2) is 20.4 Å². The molecule has 9 heteroatoms. The normalized spacial score (nSPS) is 12.7.